The number of amides is 1. The SMILES string of the molecule is CC[C@@H](C)N(C(=O)CSc1nnc(-c2ccoc2C)n1-c1ccccc1)[C@@H](C)CC. The van der Waals surface area contributed by atoms with Crippen LogP contribution >= 0.6 is 11.8 Å². The maximum absolute atomic E-state index is 13.1. The number of aryl methyl sites for hydroxylation is 1. The smallest absolute Gasteiger partial charge is 0.233 e. The van der Waals surface area contributed by atoms with Gasteiger partial charge in [-0.3, -0.25) is 9.36 Å². The molecule has 0 radical (unpaired) electrons. The van der Waals surface area contributed by atoms with E-state index in [1.165, 1.54) is 11.8 Å². The predicted molar refractivity (Wildman–Crippen MR) is 121 cm³/mol. The molecular weight excluding hydrogens is 396 g/mol. The molecule has 0 aliphatic rings. The quantitative estimate of drug-likeness (QED) is 0.431. The van der Waals surface area contributed by atoms with Gasteiger partial charge in [0.05, 0.1) is 17.6 Å². The summed E-state index contributed by atoms with van der Waals surface area (Å²) in [5, 5.41) is 9.54. The van der Waals surface area contributed by atoms with Gasteiger partial charge in [0.2, 0.25) is 5.91 Å². The molecule has 0 fully saturated rings. The molecule has 2 atom stereocenters. The normalized spacial score (nSPS) is 13.2. The highest BCUT2D eigenvalue weighted by Crippen LogP contribution is 2.30. The predicted octanol–water partition coefficient (Wildman–Crippen LogP) is 5.35. The van der Waals surface area contributed by atoms with E-state index in [1.54, 1.807) is 6.26 Å². The van der Waals surface area contributed by atoms with E-state index in [0.717, 1.165) is 29.9 Å². The maximum atomic E-state index is 13.1. The molecule has 0 bridgehead atoms. The summed E-state index contributed by atoms with van der Waals surface area (Å²) in [7, 11) is 0. The molecule has 0 aliphatic heterocycles. The number of nitrogens with zero attached hydrogens (tertiary/aromatic N) is 4. The fourth-order valence-electron chi connectivity index (χ4n) is 3.48. The summed E-state index contributed by atoms with van der Waals surface area (Å²) in [6.45, 7) is 10.4. The number of thioether (sulfide) groups is 1. The molecule has 3 aromatic rings. The number of hydrogen-bond donors (Lipinski definition) is 0. The van der Waals surface area contributed by atoms with Crippen molar-refractivity contribution in [2.45, 2.75) is 64.7 Å². The minimum Gasteiger partial charge on any atom is -0.469 e. The maximum Gasteiger partial charge on any atom is 0.233 e. The Morgan fingerprint density at radius 3 is 2.33 bits per heavy atom. The molecule has 0 saturated heterocycles. The number of carbonyl (C=O) groups is 1. The van der Waals surface area contributed by atoms with Gasteiger partial charge in [-0.25, -0.2) is 0 Å². The Balaban J connectivity index is 1.90. The van der Waals surface area contributed by atoms with Gasteiger partial charge in [-0.15, -0.1) is 10.2 Å². The molecule has 0 aliphatic carbocycles. The van der Waals surface area contributed by atoms with Crippen LogP contribution < -0.4 is 0 Å². The van der Waals surface area contributed by atoms with Crippen LogP contribution in [-0.2, 0) is 4.79 Å². The van der Waals surface area contributed by atoms with Crippen molar-refractivity contribution in [3.05, 3.63) is 48.4 Å². The Morgan fingerprint density at radius 1 is 1.10 bits per heavy atom. The first-order chi connectivity index (χ1) is 14.5. The molecule has 6 nitrogen and oxygen atoms in total. The first kappa shape index (κ1) is 22.2. The summed E-state index contributed by atoms with van der Waals surface area (Å²) in [6.07, 6.45) is 3.52. The average molecular weight is 427 g/mol. The molecule has 1 aromatic carbocycles. The second-order valence-corrected chi connectivity index (χ2v) is 8.41. The lowest BCUT2D eigenvalue weighted by molar-refractivity contribution is -0.132. The number of rotatable bonds is 9. The van der Waals surface area contributed by atoms with Crippen molar-refractivity contribution in [2.24, 2.45) is 0 Å². The number of carbonyl (C=O) groups excluding carboxylic acids is 1. The first-order valence-electron chi connectivity index (χ1n) is 10.5. The Bertz CT molecular complexity index is 957. The van der Waals surface area contributed by atoms with Gasteiger partial charge in [0.15, 0.2) is 11.0 Å². The first-order valence-corrected chi connectivity index (χ1v) is 11.5. The standard InChI is InChI=1S/C23H30N4O2S/c1-6-16(3)26(17(4)7-2)21(28)15-30-23-25-24-22(20-13-14-29-18(20)5)27(23)19-11-9-8-10-12-19/h8-14,16-17H,6-7,15H2,1-5H3/t16-,17+. The van der Waals surface area contributed by atoms with Crippen molar-refractivity contribution < 1.29 is 9.21 Å². The number of hydrogen-bond acceptors (Lipinski definition) is 5. The summed E-state index contributed by atoms with van der Waals surface area (Å²) in [5.74, 6) is 1.95. The summed E-state index contributed by atoms with van der Waals surface area (Å²) in [5.41, 5.74) is 1.85. The van der Waals surface area contributed by atoms with Gasteiger partial charge in [0, 0.05) is 17.8 Å². The van der Waals surface area contributed by atoms with Crippen molar-refractivity contribution >= 4 is 17.7 Å². The highest BCUT2D eigenvalue weighted by molar-refractivity contribution is 7.99. The van der Waals surface area contributed by atoms with E-state index in [0.29, 0.717) is 16.7 Å². The Morgan fingerprint density at radius 2 is 1.77 bits per heavy atom. The van der Waals surface area contributed by atoms with Gasteiger partial charge in [-0.1, -0.05) is 43.8 Å². The Kier molecular flexibility index (Phi) is 7.37. The van der Waals surface area contributed by atoms with Crippen LogP contribution in [0.2, 0.25) is 0 Å². The van der Waals surface area contributed by atoms with Gasteiger partial charge in [-0.2, -0.15) is 0 Å². The van der Waals surface area contributed by atoms with Crippen LogP contribution in [0.4, 0.5) is 0 Å². The van der Waals surface area contributed by atoms with Gasteiger partial charge in [-0.05, 0) is 51.8 Å². The van der Waals surface area contributed by atoms with Crippen molar-refractivity contribution in [2.75, 3.05) is 5.75 Å². The van der Waals surface area contributed by atoms with Crippen LogP contribution in [0.1, 0.15) is 46.3 Å². The van der Waals surface area contributed by atoms with Crippen LogP contribution in [0, 0.1) is 6.92 Å². The third-order valence-corrected chi connectivity index (χ3v) is 6.41. The molecule has 30 heavy (non-hydrogen) atoms. The summed E-state index contributed by atoms with van der Waals surface area (Å²) >= 11 is 1.43. The fraction of sp³-hybridized carbons (Fsp3) is 0.435. The van der Waals surface area contributed by atoms with E-state index in [2.05, 4.69) is 37.9 Å². The molecule has 0 N–H and O–H groups in total. The largest absolute Gasteiger partial charge is 0.469 e. The van der Waals surface area contributed by atoms with Crippen LogP contribution in [0.3, 0.4) is 0 Å². The van der Waals surface area contributed by atoms with Crippen molar-refractivity contribution in [3.8, 4) is 17.1 Å². The van der Waals surface area contributed by atoms with E-state index >= 15 is 0 Å². The highest BCUT2D eigenvalue weighted by Gasteiger charge is 2.25. The third kappa shape index (κ3) is 4.61. The molecule has 2 aromatic heterocycles. The van der Waals surface area contributed by atoms with Gasteiger partial charge >= 0.3 is 0 Å². The van der Waals surface area contributed by atoms with E-state index in [-0.39, 0.29) is 18.0 Å². The molecule has 0 unspecified atom stereocenters. The Hall–Kier alpha value is -2.54. The molecular formula is C23H30N4O2S. The molecule has 1 amide bonds. The van der Waals surface area contributed by atoms with E-state index in [4.69, 9.17) is 4.42 Å². The molecule has 160 valence electrons. The van der Waals surface area contributed by atoms with Crippen molar-refractivity contribution in [3.63, 3.8) is 0 Å². The summed E-state index contributed by atoms with van der Waals surface area (Å²) < 4.78 is 7.47. The lowest BCUT2D eigenvalue weighted by atomic mass is 10.1. The summed E-state index contributed by atoms with van der Waals surface area (Å²) in [4.78, 5) is 15.1. The minimum atomic E-state index is 0.132. The minimum absolute atomic E-state index is 0.132. The molecule has 0 spiro atoms. The highest BCUT2D eigenvalue weighted by atomic mass is 32.2. The van der Waals surface area contributed by atoms with Crippen LogP contribution in [0.5, 0.6) is 0 Å². The van der Waals surface area contributed by atoms with E-state index in [1.807, 2.05) is 52.8 Å². The molecule has 0 saturated carbocycles. The van der Waals surface area contributed by atoms with Crippen molar-refractivity contribution in [1.82, 2.24) is 19.7 Å². The van der Waals surface area contributed by atoms with Crippen LogP contribution in [0.25, 0.3) is 17.1 Å². The zero-order valence-corrected chi connectivity index (χ0v) is 19.1. The molecule has 2 heterocycles. The molecule has 7 heteroatoms. The molecule has 3 rings (SSSR count). The van der Waals surface area contributed by atoms with Gasteiger partial charge in [0.25, 0.3) is 0 Å². The van der Waals surface area contributed by atoms with Gasteiger partial charge < -0.3 is 9.32 Å². The number of benzene rings is 1. The average Bonchev–Trinajstić information content (AvgIpc) is 3.38. The third-order valence-electron chi connectivity index (χ3n) is 5.49. The zero-order chi connectivity index (χ0) is 21.7. The van der Waals surface area contributed by atoms with E-state index < -0.39 is 0 Å². The lowest BCUT2D eigenvalue weighted by Gasteiger charge is -2.34. The number of furan rings is 1. The number of para-hydroxylation sites is 1. The second kappa shape index (κ2) is 9.98. The second-order valence-electron chi connectivity index (χ2n) is 7.47. The van der Waals surface area contributed by atoms with Gasteiger partial charge in [0.1, 0.15) is 5.76 Å². The van der Waals surface area contributed by atoms with E-state index in [9.17, 15) is 4.79 Å². The van der Waals surface area contributed by atoms with Crippen LogP contribution in [-0.4, -0.2) is 43.4 Å². The number of aromatic nitrogens is 3. The zero-order valence-electron chi connectivity index (χ0n) is 18.3. The topological polar surface area (TPSA) is 64.2 Å². The fourth-order valence-corrected chi connectivity index (χ4v) is 4.31. The monoisotopic (exact) mass is 426 g/mol. The summed E-state index contributed by atoms with van der Waals surface area (Å²) in [6, 6.07) is 12.3. The van der Waals surface area contributed by atoms with Crippen LogP contribution in [0.15, 0.2) is 52.2 Å². The Labute approximate surface area is 182 Å². The van der Waals surface area contributed by atoms with Crippen molar-refractivity contribution in [1.29, 1.82) is 0 Å². The lowest BCUT2D eigenvalue weighted by Crippen LogP contribution is -2.45.